The molecule has 6 rings (SSSR count). The molecule has 0 bridgehead atoms. The zero-order valence-electron chi connectivity index (χ0n) is 23.2. The molecule has 5 heterocycles. The highest BCUT2D eigenvalue weighted by Gasteiger charge is 2.50. The number of nitrogens with zero attached hydrogens (tertiary/aromatic N) is 5. The first-order valence-electron chi connectivity index (χ1n) is 13.6. The Bertz CT molecular complexity index is 1630. The number of benzene rings is 1. The predicted octanol–water partition coefficient (Wildman–Crippen LogP) is 5.56. The first-order valence-corrected chi connectivity index (χ1v) is 13.6. The molecule has 40 heavy (non-hydrogen) atoms. The molecule has 0 atom stereocenters. The van der Waals surface area contributed by atoms with Gasteiger partial charge in [-0.25, -0.2) is 14.2 Å². The Kier molecular flexibility index (Phi) is 6.16. The number of fused-ring (bicyclic) bond motifs is 2. The molecular weight excluding hydrogens is 511 g/mol. The van der Waals surface area contributed by atoms with Crippen molar-refractivity contribution in [2.75, 3.05) is 29.9 Å². The molecule has 1 spiro atoms. The number of hydrogen-bond donors (Lipinski definition) is 1. The molecular formula is C30H33FN6O3. The van der Waals surface area contributed by atoms with Crippen LogP contribution in [0.5, 0.6) is 0 Å². The minimum absolute atomic E-state index is 0.158. The van der Waals surface area contributed by atoms with Gasteiger partial charge in [-0.15, -0.1) is 0 Å². The number of aromatic nitrogens is 3. The summed E-state index contributed by atoms with van der Waals surface area (Å²) in [5.74, 6) is -0.884. The van der Waals surface area contributed by atoms with E-state index in [2.05, 4.69) is 15.2 Å². The van der Waals surface area contributed by atoms with Gasteiger partial charge in [0.25, 0.3) is 5.91 Å². The van der Waals surface area contributed by atoms with E-state index in [1.165, 1.54) is 16.7 Å². The molecule has 0 saturated carbocycles. The summed E-state index contributed by atoms with van der Waals surface area (Å²) in [4.78, 5) is 39.1. The van der Waals surface area contributed by atoms with Gasteiger partial charge in [-0.3, -0.25) is 9.78 Å². The van der Waals surface area contributed by atoms with E-state index in [0.29, 0.717) is 16.8 Å². The summed E-state index contributed by atoms with van der Waals surface area (Å²) in [6.07, 6.45) is 7.19. The van der Waals surface area contributed by atoms with Gasteiger partial charge >= 0.3 is 6.09 Å². The Morgan fingerprint density at radius 1 is 1.07 bits per heavy atom. The Hall–Kier alpha value is -4.21. The van der Waals surface area contributed by atoms with Crippen molar-refractivity contribution in [2.24, 2.45) is 0 Å². The molecule has 3 aromatic heterocycles. The van der Waals surface area contributed by atoms with Gasteiger partial charge in [-0.1, -0.05) is 0 Å². The third kappa shape index (κ3) is 4.61. The largest absolute Gasteiger partial charge is 0.444 e. The summed E-state index contributed by atoms with van der Waals surface area (Å²) >= 11 is 0. The summed E-state index contributed by atoms with van der Waals surface area (Å²) in [6.45, 7) is 9.84. The Morgan fingerprint density at radius 2 is 1.82 bits per heavy atom. The van der Waals surface area contributed by atoms with E-state index in [4.69, 9.17) is 9.72 Å². The lowest BCUT2D eigenvalue weighted by molar-refractivity contribution is -0.0541. The molecule has 10 heteroatoms. The zero-order chi connectivity index (χ0) is 28.2. The van der Waals surface area contributed by atoms with Crippen molar-refractivity contribution in [1.29, 1.82) is 0 Å². The number of anilines is 2. The van der Waals surface area contributed by atoms with Crippen molar-refractivity contribution in [2.45, 2.75) is 58.1 Å². The molecule has 0 unspecified atom stereocenters. The quantitative estimate of drug-likeness (QED) is 0.363. The number of hydrogen-bond acceptors (Lipinski definition) is 6. The number of aryl methyl sites for hydroxylation is 1. The second-order valence-corrected chi connectivity index (χ2v) is 11.8. The van der Waals surface area contributed by atoms with Crippen LogP contribution < -0.4 is 10.2 Å². The van der Waals surface area contributed by atoms with E-state index in [-0.39, 0.29) is 23.2 Å². The van der Waals surface area contributed by atoms with Crippen LogP contribution in [0.3, 0.4) is 0 Å². The smallest absolute Gasteiger partial charge is 0.410 e. The molecule has 208 valence electrons. The van der Waals surface area contributed by atoms with Gasteiger partial charge in [0, 0.05) is 61.1 Å². The predicted molar refractivity (Wildman–Crippen MR) is 151 cm³/mol. The number of halogens is 1. The molecule has 2 saturated heterocycles. The first-order chi connectivity index (χ1) is 19.0. The highest BCUT2D eigenvalue weighted by molar-refractivity contribution is 6.14. The molecule has 2 fully saturated rings. The molecule has 1 N–H and O–H groups in total. The summed E-state index contributed by atoms with van der Waals surface area (Å²) in [6, 6.07) is 8.95. The first kappa shape index (κ1) is 26.0. The number of pyridine rings is 2. The number of ether oxygens (including phenoxy) is 1. The Labute approximate surface area is 231 Å². The van der Waals surface area contributed by atoms with E-state index in [1.807, 2.05) is 50.8 Å². The van der Waals surface area contributed by atoms with Gasteiger partial charge in [0.15, 0.2) is 11.5 Å². The topological polar surface area (TPSA) is 92.1 Å². The van der Waals surface area contributed by atoms with Crippen molar-refractivity contribution >= 4 is 39.9 Å². The van der Waals surface area contributed by atoms with Gasteiger partial charge in [0.05, 0.1) is 22.3 Å². The van der Waals surface area contributed by atoms with Crippen LogP contribution in [0.15, 0.2) is 48.9 Å². The van der Waals surface area contributed by atoms with Crippen LogP contribution in [-0.4, -0.2) is 62.0 Å². The van der Waals surface area contributed by atoms with Crippen molar-refractivity contribution in [1.82, 2.24) is 19.3 Å². The van der Waals surface area contributed by atoms with Gasteiger partial charge in [-0.05, 0) is 71.2 Å². The zero-order valence-corrected chi connectivity index (χ0v) is 23.2. The van der Waals surface area contributed by atoms with Gasteiger partial charge < -0.3 is 24.3 Å². The van der Waals surface area contributed by atoms with E-state index in [1.54, 1.807) is 18.5 Å². The average Bonchev–Trinajstić information content (AvgIpc) is 3.35. The average molecular weight is 545 g/mol. The standard InChI is InChI=1S/C30H33FN6O3/c1-19-5-6-21-24(35-13-9-30(10-14-35)11-15-37(30)28(39)40-29(2,3)4)8-7-22(25(21)33-19)27(38)34-20-17-23(31)26-32-12-16-36(26)18-20/h5-8,12,16-18H,9-11,13-15H2,1-4H3,(H,34,38). The maximum Gasteiger partial charge on any atom is 0.410 e. The van der Waals surface area contributed by atoms with Crippen LogP contribution in [-0.2, 0) is 4.74 Å². The van der Waals surface area contributed by atoms with E-state index in [0.717, 1.165) is 55.7 Å². The number of nitrogens with one attached hydrogen (secondary N) is 1. The van der Waals surface area contributed by atoms with Gasteiger partial charge in [0.1, 0.15) is 5.60 Å². The normalized spacial score (nSPS) is 16.8. The van der Waals surface area contributed by atoms with E-state index < -0.39 is 11.4 Å². The maximum absolute atomic E-state index is 14.4. The molecule has 4 aromatic rings. The van der Waals surface area contributed by atoms with Crippen molar-refractivity contribution in [3.8, 4) is 0 Å². The van der Waals surface area contributed by atoms with Crippen LogP contribution >= 0.6 is 0 Å². The molecule has 0 radical (unpaired) electrons. The number of likely N-dealkylation sites (tertiary alicyclic amines) is 1. The van der Waals surface area contributed by atoms with Crippen molar-refractivity contribution in [3.63, 3.8) is 0 Å². The minimum Gasteiger partial charge on any atom is -0.444 e. The number of carbonyl (C=O) groups excluding carboxylic acids is 2. The van der Waals surface area contributed by atoms with Crippen LogP contribution in [0.2, 0.25) is 0 Å². The minimum atomic E-state index is -0.521. The Balaban J connectivity index is 1.24. The second-order valence-electron chi connectivity index (χ2n) is 11.8. The van der Waals surface area contributed by atoms with Crippen molar-refractivity contribution < 1.29 is 18.7 Å². The lowest BCUT2D eigenvalue weighted by Crippen LogP contribution is -2.66. The molecule has 2 amide bonds. The maximum atomic E-state index is 14.4. The van der Waals surface area contributed by atoms with Gasteiger partial charge in [-0.2, -0.15) is 0 Å². The van der Waals surface area contributed by atoms with Crippen LogP contribution in [0.25, 0.3) is 16.6 Å². The highest BCUT2D eigenvalue weighted by atomic mass is 19.1. The lowest BCUT2D eigenvalue weighted by atomic mass is 9.76. The van der Waals surface area contributed by atoms with Gasteiger partial charge in [0.2, 0.25) is 0 Å². The lowest BCUT2D eigenvalue weighted by Gasteiger charge is -2.56. The monoisotopic (exact) mass is 544 g/mol. The summed E-state index contributed by atoms with van der Waals surface area (Å²) in [7, 11) is 0. The van der Waals surface area contributed by atoms with Crippen LogP contribution in [0.1, 0.15) is 56.1 Å². The third-order valence-electron chi connectivity index (χ3n) is 7.94. The Morgan fingerprint density at radius 3 is 2.52 bits per heavy atom. The summed E-state index contributed by atoms with van der Waals surface area (Å²) < 4.78 is 21.6. The van der Waals surface area contributed by atoms with E-state index in [9.17, 15) is 14.0 Å². The van der Waals surface area contributed by atoms with E-state index >= 15 is 0 Å². The number of amides is 2. The molecule has 0 aliphatic carbocycles. The van der Waals surface area contributed by atoms with Crippen molar-refractivity contribution in [3.05, 3.63) is 66.0 Å². The fraction of sp³-hybridized carbons (Fsp3) is 0.400. The number of piperidine rings is 1. The third-order valence-corrected chi connectivity index (χ3v) is 7.94. The number of imidazole rings is 1. The second kappa shape index (κ2) is 9.46. The molecule has 1 aromatic carbocycles. The highest BCUT2D eigenvalue weighted by Crippen LogP contribution is 2.42. The summed E-state index contributed by atoms with van der Waals surface area (Å²) in [5, 5.41) is 3.70. The summed E-state index contributed by atoms with van der Waals surface area (Å²) in [5.41, 5.74) is 2.66. The van der Waals surface area contributed by atoms with Crippen LogP contribution in [0, 0.1) is 12.7 Å². The fourth-order valence-corrected chi connectivity index (χ4v) is 5.84. The fourth-order valence-electron chi connectivity index (χ4n) is 5.84. The number of rotatable bonds is 3. The SMILES string of the molecule is Cc1ccc2c(N3CCC4(CC3)CCN4C(=O)OC(C)(C)C)ccc(C(=O)Nc3cc(F)c4nccn4c3)c2n1. The molecule has 2 aliphatic rings. The number of carbonyl (C=O) groups is 2. The molecule has 2 aliphatic heterocycles. The van der Waals surface area contributed by atoms with Crippen LogP contribution in [0.4, 0.5) is 20.6 Å². The molecule has 9 nitrogen and oxygen atoms in total.